The molecule has 2 aromatic heterocycles. The van der Waals surface area contributed by atoms with E-state index >= 15 is 0 Å². The van der Waals surface area contributed by atoms with Crippen molar-refractivity contribution in [3.8, 4) is 11.5 Å². The van der Waals surface area contributed by atoms with E-state index in [1.54, 1.807) is 6.20 Å². The van der Waals surface area contributed by atoms with E-state index in [0.29, 0.717) is 0 Å². The summed E-state index contributed by atoms with van der Waals surface area (Å²) in [5.74, 6) is 1.75. The molecule has 1 aliphatic rings. The lowest BCUT2D eigenvalue weighted by molar-refractivity contribution is 0.663. The van der Waals surface area contributed by atoms with Crippen molar-refractivity contribution in [2.45, 2.75) is 32.7 Å². The van der Waals surface area contributed by atoms with Crippen LogP contribution < -0.4 is 5.32 Å². The summed E-state index contributed by atoms with van der Waals surface area (Å²) in [4.78, 5) is 9.33. The highest BCUT2D eigenvalue weighted by Gasteiger charge is 2.20. The summed E-state index contributed by atoms with van der Waals surface area (Å²) in [6.07, 6.45) is 5.11. The molecule has 0 atom stereocenters. The molecule has 2 heterocycles. The Morgan fingerprint density at radius 3 is 3.00 bits per heavy atom. The number of nitrogens with one attached hydrogen (secondary N) is 1. The standard InChI is InChI=1S/C13H17N5/c1-3-18-11(7-8-15-18)13-16-10-6-4-5-9(10)12(14-2)17-13/h7-8H,3-6H2,1-2H3,(H,14,16,17). The van der Waals surface area contributed by atoms with E-state index in [2.05, 4.69) is 22.3 Å². The molecule has 0 saturated carbocycles. The van der Waals surface area contributed by atoms with Crippen LogP contribution in [0.5, 0.6) is 0 Å². The van der Waals surface area contributed by atoms with Gasteiger partial charge in [-0.05, 0) is 32.3 Å². The third-order valence-electron chi connectivity index (χ3n) is 3.42. The molecule has 5 heteroatoms. The van der Waals surface area contributed by atoms with Crippen molar-refractivity contribution in [1.82, 2.24) is 19.7 Å². The lowest BCUT2D eigenvalue weighted by Crippen LogP contribution is -2.06. The molecule has 0 amide bonds. The summed E-state index contributed by atoms with van der Waals surface area (Å²) in [6.45, 7) is 2.90. The first-order chi connectivity index (χ1) is 8.83. The van der Waals surface area contributed by atoms with E-state index < -0.39 is 0 Å². The van der Waals surface area contributed by atoms with Crippen LogP contribution in [0.3, 0.4) is 0 Å². The van der Waals surface area contributed by atoms with E-state index in [9.17, 15) is 0 Å². The lowest BCUT2D eigenvalue weighted by Gasteiger charge is -2.10. The van der Waals surface area contributed by atoms with Crippen molar-refractivity contribution in [3.63, 3.8) is 0 Å². The Bertz CT molecular complexity index is 573. The molecular formula is C13H17N5. The Balaban J connectivity index is 2.13. The number of aryl methyl sites for hydroxylation is 2. The second kappa shape index (κ2) is 4.40. The number of hydrogen-bond acceptors (Lipinski definition) is 4. The molecule has 0 bridgehead atoms. The Hall–Kier alpha value is -1.91. The number of nitrogens with zero attached hydrogens (tertiary/aromatic N) is 4. The van der Waals surface area contributed by atoms with E-state index in [1.807, 2.05) is 17.8 Å². The molecule has 0 spiro atoms. The molecule has 1 aliphatic carbocycles. The van der Waals surface area contributed by atoms with Crippen molar-refractivity contribution >= 4 is 5.82 Å². The largest absolute Gasteiger partial charge is 0.373 e. The van der Waals surface area contributed by atoms with Gasteiger partial charge < -0.3 is 5.32 Å². The fraction of sp³-hybridized carbons (Fsp3) is 0.462. The quantitative estimate of drug-likeness (QED) is 0.894. The zero-order valence-corrected chi connectivity index (χ0v) is 10.8. The lowest BCUT2D eigenvalue weighted by atomic mass is 10.2. The van der Waals surface area contributed by atoms with Gasteiger partial charge in [0.1, 0.15) is 11.5 Å². The molecule has 18 heavy (non-hydrogen) atoms. The zero-order valence-electron chi connectivity index (χ0n) is 10.8. The highest BCUT2D eigenvalue weighted by atomic mass is 15.3. The number of rotatable bonds is 3. The van der Waals surface area contributed by atoms with Crippen molar-refractivity contribution in [1.29, 1.82) is 0 Å². The minimum absolute atomic E-state index is 0.777. The van der Waals surface area contributed by atoms with Crippen LogP contribution in [0.25, 0.3) is 11.5 Å². The van der Waals surface area contributed by atoms with Gasteiger partial charge in [0, 0.05) is 31.0 Å². The number of aromatic nitrogens is 4. The minimum Gasteiger partial charge on any atom is -0.373 e. The third-order valence-corrected chi connectivity index (χ3v) is 3.42. The maximum Gasteiger partial charge on any atom is 0.180 e. The van der Waals surface area contributed by atoms with Crippen LogP contribution in [0.2, 0.25) is 0 Å². The molecule has 0 unspecified atom stereocenters. The highest BCUT2D eigenvalue weighted by Crippen LogP contribution is 2.28. The monoisotopic (exact) mass is 243 g/mol. The van der Waals surface area contributed by atoms with Crippen LogP contribution in [-0.2, 0) is 19.4 Å². The molecule has 0 radical (unpaired) electrons. The summed E-state index contributed by atoms with van der Waals surface area (Å²) < 4.78 is 1.93. The Morgan fingerprint density at radius 1 is 1.33 bits per heavy atom. The molecule has 0 fully saturated rings. The third kappa shape index (κ3) is 1.66. The fourth-order valence-corrected chi connectivity index (χ4v) is 2.53. The molecule has 0 aliphatic heterocycles. The van der Waals surface area contributed by atoms with Gasteiger partial charge in [-0.15, -0.1) is 0 Å². The number of anilines is 1. The van der Waals surface area contributed by atoms with E-state index in [0.717, 1.165) is 36.7 Å². The van der Waals surface area contributed by atoms with Crippen molar-refractivity contribution in [2.75, 3.05) is 12.4 Å². The number of fused-ring (bicyclic) bond motifs is 1. The maximum absolute atomic E-state index is 4.70. The molecule has 5 nitrogen and oxygen atoms in total. The summed E-state index contributed by atoms with van der Waals surface area (Å²) in [7, 11) is 1.92. The van der Waals surface area contributed by atoms with Gasteiger partial charge in [0.2, 0.25) is 0 Å². The van der Waals surface area contributed by atoms with Gasteiger partial charge in [-0.2, -0.15) is 5.10 Å². The Kier molecular flexibility index (Phi) is 2.74. The molecule has 1 N–H and O–H groups in total. The molecule has 0 saturated heterocycles. The first kappa shape index (κ1) is 11.2. The summed E-state index contributed by atoms with van der Waals surface area (Å²) in [5.41, 5.74) is 3.46. The van der Waals surface area contributed by atoms with Gasteiger partial charge in [0.15, 0.2) is 5.82 Å². The van der Waals surface area contributed by atoms with Crippen LogP contribution in [0.1, 0.15) is 24.6 Å². The van der Waals surface area contributed by atoms with Crippen LogP contribution in [-0.4, -0.2) is 26.8 Å². The van der Waals surface area contributed by atoms with Crippen LogP contribution in [0, 0.1) is 0 Å². The van der Waals surface area contributed by atoms with Gasteiger partial charge in [-0.1, -0.05) is 0 Å². The van der Waals surface area contributed by atoms with Crippen LogP contribution in [0.4, 0.5) is 5.82 Å². The summed E-state index contributed by atoms with van der Waals surface area (Å²) in [5, 5.41) is 7.46. The zero-order chi connectivity index (χ0) is 12.5. The SMILES string of the molecule is CCn1nccc1-c1nc2c(c(NC)n1)CCC2. The van der Waals surface area contributed by atoms with Crippen LogP contribution in [0.15, 0.2) is 12.3 Å². The second-order valence-electron chi connectivity index (χ2n) is 4.46. The van der Waals surface area contributed by atoms with Gasteiger partial charge in [-0.25, -0.2) is 9.97 Å². The Labute approximate surface area is 106 Å². The smallest absolute Gasteiger partial charge is 0.180 e. The molecular weight excluding hydrogens is 226 g/mol. The Morgan fingerprint density at radius 2 is 2.22 bits per heavy atom. The van der Waals surface area contributed by atoms with Gasteiger partial charge in [0.25, 0.3) is 0 Å². The van der Waals surface area contributed by atoms with Crippen molar-refractivity contribution < 1.29 is 0 Å². The average Bonchev–Trinajstić information content (AvgIpc) is 3.05. The fourth-order valence-electron chi connectivity index (χ4n) is 2.53. The van der Waals surface area contributed by atoms with E-state index in [4.69, 9.17) is 4.98 Å². The van der Waals surface area contributed by atoms with E-state index in [-0.39, 0.29) is 0 Å². The van der Waals surface area contributed by atoms with Crippen LogP contribution >= 0.6 is 0 Å². The van der Waals surface area contributed by atoms with E-state index in [1.165, 1.54) is 17.7 Å². The first-order valence-electron chi connectivity index (χ1n) is 6.43. The second-order valence-corrected chi connectivity index (χ2v) is 4.46. The molecule has 94 valence electrons. The number of hydrogen-bond donors (Lipinski definition) is 1. The predicted octanol–water partition coefficient (Wildman–Crippen LogP) is 1.89. The van der Waals surface area contributed by atoms with Gasteiger partial charge >= 0.3 is 0 Å². The summed E-state index contributed by atoms with van der Waals surface area (Å²) in [6, 6.07) is 1.97. The topological polar surface area (TPSA) is 55.6 Å². The first-order valence-corrected chi connectivity index (χ1v) is 6.43. The normalized spacial score (nSPS) is 13.7. The predicted molar refractivity (Wildman–Crippen MR) is 70.5 cm³/mol. The van der Waals surface area contributed by atoms with Crippen molar-refractivity contribution in [2.24, 2.45) is 0 Å². The minimum atomic E-state index is 0.777. The van der Waals surface area contributed by atoms with Gasteiger partial charge in [-0.3, -0.25) is 4.68 Å². The summed E-state index contributed by atoms with van der Waals surface area (Å²) >= 11 is 0. The average molecular weight is 243 g/mol. The molecule has 2 aromatic rings. The molecule has 3 rings (SSSR count). The molecule has 0 aromatic carbocycles. The highest BCUT2D eigenvalue weighted by molar-refractivity contribution is 5.57. The maximum atomic E-state index is 4.70. The van der Waals surface area contributed by atoms with Crippen molar-refractivity contribution in [3.05, 3.63) is 23.5 Å². The van der Waals surface area contributed by atoms with Gasteiger partial charge in [0.05, 0.1) is 0 Å².